The third kappa shape index (κ3) is 3.97. The summed E-state index contributed by atoms with van der Waals surface area (Å²) in [5.74, 6) is -1.48. The van der Waals surface area contributed by atoms with Crippen LogP contribution in [0.1, 0.15) is 55.9 Å². The van der Waals surface area contributed by atoms with Crippen LogP contribution in [0.4, 0.5) is 13.2 Å². The van der Waals surface area contributed by atoms with Gasteiger partial charge in [-0.25, -0.2) is 9.78 Å². The molecule has 1 aliphatic heterocycles. The molecule has 27 heavy (non-hydrogen) atoms. The van der Waals surface area contributed by atoms with Crippen molar-refractivity contribution in [2.75, 3.05) is 13.7 Å². The van der Waals surface area contributed by atoms with E-state index < -0.39 is 23.6 Å². The molecule has 5 nitrogen and oxygen atoms in total. The number of nitrogens with zero attached hydrogens (tertiary/aromatic N) is 2. The van der Waals surface area contributed by atoms with Crippen LogP contribution in [0, 0.1) is 6.92 Å². The average Bonchev–Trinajstić information content (AvgIpc) is 3.27. The van der Waals surface area contributed by atoms with Crippen LogP contribution >= 0.6 is 11.3 Å². The number of hydrogen-bond donors (Lipinski definition) is 0. The maximum Gasteiger partial charge on any atom is 0.416 e. The minimum atomic E-state index is -4.68. The Balaban J connectivity index is 1.99. The monoisotopic (exact) mass is 398 g/mol. The number of benzene rings is 1. The SMILES string of the molecule is COC(=O)c1cc(C(=O)N2CCC[C@@H]2c2nc(C)cs2)cc(C(F)(F)F)c1. The summed E-state index contributed by atoms with van der Waals surface area (Å²) in [6.07, 6.45) is -3.25. The minimum Gasteiger partial charge on any atom is -0.465 e. The molecule has 2 aromatic rings. The largest absolute Gasteiger partial charge is 0.465 e. The highest BCUT2D eigenvalue weighted by Crippen LogP contribution is 2.36. The predicted octanol–water partition coefficient (Wildman–Crippen LogP) is 4.23. The van der Waals surface area contributed by atoms with Gasteiger partial charge in [-0.2, -0.15) is 13.2 Å². The predicted molar refractivity (Wildman–Crippen MR) is 92.6 cm³/mol. The molecule has 1 aromatic carbocycles. The van der Waals surface area contributed by atoms with Gasteiger partial charge in [0.2, 0.25) is 0 Å². The van der Waals surface area contributed by atoms with Gasteiger partial charge in [0, 0.05) is 23.2 Å². The van der Waals surface area contributed by atoms with E-state index in [0.717, 1.165) is 36.4 Å². The van der Waals surface area contributed by atoms with E-state index in [1.54, 1.807) is 0 Å². The molecule has 2 heterocycles. The normalized spacial score (nSPS) is 17.2. The summed E-state index contributed by atoms with van der Waals surface area (Å²) >= 11 is 1.42. The van der Waals surface area contributed by atoms with Crippen LogP contribution in [0.25, 0.3) is 0 Å². The Labute approximate surface area is 157 Å². The molecule has 0 N–H and O–H groups in total. The number of thiazole rings is 1. The highest BCUT2D eigenvalue weighted by Gasteiger charge is 2.36. The number of aryl methyl sites for hydroxylation is 1. The molecule has 1 amide bonds. The lowest BCUT2D eigenvalue weighted by molar-refractivity contribution is -0.137. The van der Waals surface area contributed by atoms with E-state index in [1.165, 1.54) is 16.2 Å². The first-order valence-corrected chi connectivity index (χ1v) is 9.12. The molecule has 0 saturated carbocycles. The summed E-state index contributed by atoms with van der Waals surface area (Å²) in [5.41, 5.74) is -0.724. The Morgan fingerprint density at radius 1 is 1.26 bits per heavy atom. The van der Waals surface area contributed by atoms with Crippen molar-refractivity contribution in [3.63, 3.8) is 0 Å². The number of halogens is 3. The van der Waals surface area contributed by atoms with Crippen molar-refractivity contribution >= 4 is 23.2 Å². The molecular formula is C18H17F3N2O3S. The Hall–Kier alpha value is -2.42. The molecule has 1 saturated heterocycles. The van der Waals surface area contributed by atoms with E-state index >= 15 is 0 Å². The molecule has 9 heteroatoms. The van der Waals surface area contributed by atoms with Crippen molar-refractivity contribution in [3.05, 3.63) is 51.0 Å². The molecule has 1 aliphatic rings. The maximum atomic E-state index is 13.2. The zero-order valence-corrected chi connectivity index (χ0v) is 15.5. The fraction of sp³-hybridized carbons (Fsp3) is 0.389. The number of alkyl halides is 3. The molecule has 0 unspecified atom stereocenters. The number of rotatable bonds is 3. The van der Waals surface area contributed by atoms with Crippen LogP contribution in [0.5, 0.6) is 0 Å². The zero-order chi connectivity index (χ0) is 19.8. The molecule has 0 spiro atoms. The van der Waals surface area contributed by atoms with Gasteiger partial charge in [0.15, 0.2) is 0 Å². The Morgan fingerprint density at radius 2 is 1.96 bits per heavy atom. The first-order chi connectivity index (χ1) is 12.7. The van der Waals surface area contributed by atoms with Crippen molar-refractivity contribution in [1.29, 1.82) is 0 Å². The van der Waals surface area contributed by atoms with Crippen molar-refractivity contribution in [1.82, 2.24) is 9.88 Å². The van der Waals surface area contributed by atoms with Gasteiger partial charge in [-0.05, 0) is 38.0 Å². The number of likely N-dealkylation sites (tertiary alicyclic amines) is 1. The molecule has 0 radical (unpaired) electrons. The summed E-state index contributed by atoms with van der Waals surface area (Å²) in [6.45, 7) is 2.27. The zero-order valence-electron chi connectivity index (χ0n) is 14.7. The molecule has 144 valence electrons. The number of carbonyl (C=O) groups excluding carboxylic acids is 2. The van der Waals surface area contributed by atoms with Gasteiger partial charge in [-0.3, -0.25) is 4.79 Å². The number of methoxy groups -OCH3 is 1. The van der Waals surface area contributed by atoms with Crippen LogP contribution in [0.2, 0.25) is 0 Å². The second kappa shape index (κ2) is 7.30. The Kier molecular flexibility index (Phi) is 5.23. The maximum absolute atomic E-state index is 13.2. The molecule has 1 atom stereocenters. The first-order valence-electron chi connectivity index (χ1n) is 8.24. The van der Waals surface area contributed by atoms with Crippen molar-refractivity contribution in [2.45, 2.75) is 32.0 Å². The topological polar surface area (TPSA) is 59.5 Å². The number of ether oxygens (including phenoxy) is 1. The molecular weight excluding hydrogens is 381 g/mol. The standard InChI is InChI=1S/C18H17F3N2O3S/c1-10-9-27-15(22-10)14-4-3-5-23(14)16(24)11-6-12(17(25)26-2)8-13(7-11)18(19,20)21/h6-9,14H,3-5H2,1-2H3/t14-/m1/s1. The third-order valence-electron chi connectivity index (χ3n) is 4.36. The van der Waals surface area contributed by atoms with Gasteiger partial charge in [0.25, 0.3) is 5.91 Å². The lowest BCUT2D eigenvalue weighted by Crippen LogP contribution is -2.31. The van der Waals surface area contributed by atoms with E-state index in [9.17, 15) is 22.8 Å². The van der Waals surface area contributed by atoms with Crippen LogP contribution in [-0.2, 0) is 10.9 Å². The minimum absolute atomic E-state index is 0.189. The van der Waals surface area contributed by atoms with Crippen molar-refractivity contribution in [3.8, 4) is 0 Å². The van der Waals surface area contributed by atoms with Gasteiger partial charge in [0.05, 0.1) is 24.3 Å². The Bertz CT molecular complexity index is 879. The highest BCUT2D eigenvalue weighted by molar-refractivity contribution is 7.09. The number of carbonyl (C=O) groups is 2. The van der Waals surface area contributed by atoms with Crippen LogP contribution in [-0.4, -0.2) is 35.4 Å². The lowest BCUT2D eigenvalue weighted by Gasteiger charge is -2.24. The van der Waals surface area contributed by atoms with E-state index in [2.05, 4.69) is 9.72 Å². The fourth-order valence-electron chi connectivity index (χ4n) is 3.11. The van der Waals surface area contributed by atoms with Crippen LogP contribution in [0.3, 0.4) is 0 Å². The summed E-state index contributed by atoms with van der Waals surface area (Å²) in [4.78, 5) is 30.6. The van der Waals surface area contributed by atoms with Gasteiger partial charge >= 0.3 is 12.1 Å². The molecule has 0 bridgehead atoms. The van der Waals surface area contributed by atoms with Gasteiger partial charge < -0.3 is 9.64 Å². The average molecular weight is 398 g/mol. The fourth-order valence-corrected chi connectivity index (χ4v) is 4.05. The third-order valence-corrected chi connectivity index (χ3v) is 5.43. The quantitative estimate of drug-likeness (QED) is 0.726. The van der Waals surface area contributed by atoms with Gasteiger partial charge in [-0.15, -0.1) is 11.3 Å². The van der Waals surface area contributed by atoms with Gasteiger partial charge in [-0.1, -0.05) is 0 Å². The van der Waals surface area contributed by atoms with E-state index in [0.29, 0.717) is 19.0 Å². The molecule has 1 aromatic heterocycles. The number of hydrogen-bond acceptors (Lipinski definition) is 5. The van der Waals surface area contributed by atoms with Crippen molar-refractivity contribution in [2.24, 2.45) is 0 Å². The summed E-state index contributed by atoms with van der Waals surface area (Å²) in [6, 6.07) is 2.34. The molecule has 0 aliphatic carbocycles. The smallest absolute Gasteiger partial charge is 0.416 e. The van der Waals surface area contributed by atoms with E-state index in [-0.39, 0.29) is 17.2 Å². The summed E-state index contributed by atoms with van der Waals surface area (Å²) in [7, 11) is 1.07. The second-order valence-electron chi connectivity index (χ2n) is 6.27. The second-order valence-corrected chi connectivity index (χ2v) is 7.16. The molecule has 3 rings (SSSR count). The lowest BCUT2D eigenvalue weighted by atomic mass is 10.0. The number of aromatic nitrogens is 1. The summed E-state index contributed by atoms with van der Waals surface area (Å²) < 4.78 is 44.2. The molecule has 1 fully saturated rings. The van der Waals surface area contributed by atoms with E-state index in [1.807, 2.05) is 12.3 Å². The van der Waals surface area contributed by atoms with E-state index in [4.69, 9.17) is 0 Å². The first kappa shape index (κ1) is 19.3. The Morgan fingerprint density at radius 3 is 2.56 bits per heavy atom. The van der Waals surface area contributed by atoms with Crippen LogP contribution < -0.4 is 0 Å². The van der Waals surface area contributed by atoms with Gasteiger partial charge in [0.1, 0.15) is 5.01 Å². The van der Waals surface area contributed by atoms with Crippen LogP contribution in [0.15, 0.2) is 23.6 Å². The number of esters is 1. The summed E-state index contributed by atoms with van der Waals surface area (Å²) in [5, 5.41) is 2.63. The van der Waals surface area contributed by atoms with Crippen molar-refractivity contribution < 1.29 is 27.5 Å². The highest BCUT2D eigenvalue weighted by atomic mass is 32.1. The number of amides is 1.